The van der Waals surface area contributed by atoms with Gasteiger partial charge < -0.3 is 10.1 Å². The van der Waals surface area contributed by atoms with Gasteiger partial charge in [-0.15, -0.1) is 13.2 Å². The lowest BCUT2D eigenvalue weighted by Gasteiger charge is -2.12. The molecule has 0 bridgehead atoms. The van der Waals surface area contributed by atoms with Gasteiger partial charge in [0.05, 0.1) is 0 Å². The van der Waals surface area contributed by atoms with Crippen LogP contribution in [0.5, 0.6) is 5.75 Å². The number of ether oxygens (including phenoxy) is 1. The summed E-state index contributed by atoms with van der Waals surface area (Å²) in [4.78, 5) is 0. The zero-order valence-corrected chi connectivity index (χ0v) is 8.43. The van der Waals surface area contributed by atoms with Gasteiger partial charge in [-0.1, -0.05) is 0 Å². The molecule has 0 aliphatic rings. The molecule has 2 nitrogen and oxygen atoms in total. The molecule has 0 aliphatic carbocycles. The molecule has 1 aromatic rings. The predicted molar refractivity (Wildman–Crippen MR) is 51.9 cm³/mol. The quantitative estimate of drug-likeness (QED) is 0.841. The molecule has 0 spiro atoms. The summed E-state index contributed by atoms with van der Waals surface area (Å²) in [6.45, 7) is 3.89. The highest BCUT2D eigenvalue weighted by molar-refractivity contribution is 5.46. The predicted octanol–water partition coefficient (Wildman–Crippen LogP) is 3.41. The Morgan fingerprint density at radius 3 is 2.07 bits per heavy atom. The van der Waals surface area contributed by atoms with Crippen molar-refractivity contribution in [2.24, 2.45) is 0 Å². The van der Waals surface area contributed by atoms with E-state index in [-0.39, 0.29) is 11.8 Å². The van der Waals surface area contributed by atoms with Crippen molar-refractivity contribution < 1.29 is 17.9 Å². The molecule has 0 aromatic heterocycles. The van der Waals surface area contributed by atoms with E-state index in [9.17, 15) is 13.2 Å². The fourth-order valence-corrected chi connectivity index (χ4v) is 1.09. The fraction of sp³-hybridized carbons (Fsp3) is 0.400. The van der Waals surface area contributed by atoms with Crippen LogP contribution in [-0.4, -0.2) is 12.4 Å². The molecule has 0 unspecified atom stereocenters. The van der Waals surface area contributed by atoms with E-state index in [0.717, 1.165) is 5.69 Å². The highest BCUT2D eigenvalue weighted by atomic mass is 19.4. The Kier molecular flexibility index (Phi) is 3.44. The molecule has 0 aliphatic heterocycles. The first kappa shape index (κ1) is 11.7. The molecule has 1 rings (SSSR count). The summed E-state index contributed by atoms with van der Waals surface area (Å²) in [5.74, 6) is -0.211. The number of anilines is 1. The molecule has 5 heteroatoms. The van der Waals surface area contributed by atoms with Gasteiger partial charge in [0.2, 0.25) is 0 Å². The van der Waals surface area contributed by atoms with Crippen LogP contribution in [0.25, 0.3) is 0 Å². The average molecular weight is 219 g/mol. The maximum absolute atomic E-state index is 11.8. The summed E-state index contributed by atoms with van der Waals surface area (Å²) in [7, 11) is 0. The molecule has 0 amide bonds. The van der Waals surface area contributed by atoms with E-state index < -0.39 is 6.36 Å². The first-order valence-corrected chi connectivity index (χ1v) is 4.49. The van der Waals surface area contributed by atoms with Crippen LogP contribution >= 0.6 is 0 Å². The van der Waals surface area contributed by atoms with Crippen molar-refractivity contribution in [3.8, 4) is 5.75 Å². The number of hydrogen-bond acceptors (Lipinski definition) is 2. The number of rotatable bonds is 3. The smallest absolute Gasteiger partial charge is 0.406 e. The average Bonchev–Trinajstić information content (AvgIpc) is 2.05. The van der Waals surface area contributed by atoms with Crippen molar-refractivity contribution in [2.75, 3.05) is 5.32 Å². The Labute approximate surface area is 86.1 Å². The molecule has 0 atom stereocenters. The molecule has 0 heterocycles. The zero-order chi connectivity index (χ0) is 11.5. The topological polar surface area (TPSA) is 21.3 Å². The van der Waals surface area contributed by atoms with Crippen LogP contribution in [0.2, 0.25) is 0 Å². The van der Waals surface area contributed by atoms with Gasteiger partial charge in [-0.05, 0) is 38.1 Å². The molecule has 1 N–H and O–H groups in total. The molecule has 0 radical (unpaired) electrons. The SMILES string of the molecule is CC(C)Nc1ccc(OC(F)(F)F)cc1. The summed E-state index contributed by atoms with van der Waals surface area (Å²) in [5.41, 5.74) is 0.763. The van der Waals surface area contributed by atoms with E-state index in [4.69, 9.17) is 0 Å². The van der Waals surface area contributed by atoms with Gasteiger partial charge in [0.25, 0.3) is 0 Å². The third-order valence-corrected chi connectivity index (χ3v) is 1.54. The minimum absolute atomic E-state index is 0.211. The van der Waals surface area contributed by atoms with Gasteiger partial charge >= 0.3 is 6.36 Å². The van der Waals surface area contributed by atoms with E-state index >= 15 is 0 Å². The van der Waals surface area contributed by atoms with E-state index in [2.05, 4.69) is 10.1 Å². The lowest BCUT2D eigenvalue weighted by atomic mass is 10.3. The van der Waals surface area contributed by atoms with E-state index in [0.29, 0.717) is 0 Å². The molecule has 0 saturated carbocycles. The lowest BCUT2D eigenvalue weighted by Crippen LogP contribution is -2.17. The fourth-order valence-electron chi connectivity index (χ4n) is 1.09. The summed E-state index contributed by atoms with van der Waals surface area (Å²) in [6, 6.07) is 5.87. The van der Waals surface area contributed by atoms with E-state index in [1.807, 2.05) is 13.8 Å². The molecular formula is C10H12F3NO. The van der Waals surface area contributed by atoms with Crippen LogP contribution in [0.15, 0.2) is 24.3 Å². The third-order valence-electron chi connectivity index (χ3n) is 1.54. The van der Waals surface area contributed by atoms with Crippen molar-refractivity contribution in [3.05, 3.63) is 24.3 Å². The van der Waals surface area contributed by atoms with Crippen molar-refractivity contribution in [2.45, 2.75) is 26.3 Å². The summed E-state index contributed by atoms with van der Waals surface area (Å²) >= 11 is 0. The Morgan fingerprint density at radius 1 is 1.13 bits per heavy atom. The van der Waals surface area contributed by atoms with Crippen molar-refractivity contribution in [1.29, 1.82) is 0 Å². The summed E-state index contributed by atoms with van der Waals surface area (Å²) in [6.07, 6.45) is -4.63. The number of halogens is 3. The maximum Gasteiger partial charge on any atom is 0.573 e. The Balaban J connectivity index is 2.64. The number of nitrogens with one attached hydrogen (secondary N) is 1. The highest BCUT2D eigenvalue weighted by Gasteiger charge is 2.30. The molecule has 84 valence electrons. The largest absolute Gasteiger partial charge is 0.573 e. The van der Waals surface area contributed by atoms with Crippen molar-refractivity contribution >= 4 is 5.69 Å². The normalized spacial score (nSPS) is 11.6. The van der Waals surface area contributed by atoms with Gasteiger partial charge in [0.15, 0.2) is 0 Å². The maximum atomic E-state index is 11.8. The van der Waals surface area contributed by atoms with Gasteiger partial charge in [0.1, 0.15) is 5.75 Å². The molecule has 1 aromatic carbocycles. The molecule has 15 heavy (non-hydrogen) atoms. The second kappa shape index (κ2) is 4.42. The Morgan fingerprint density at radius 2 is 1.67 bits per heavy atom. The Bertz CT molecular complexity index is 305. The van der Waals surface area contributed by atoms with Crippen LogP contribution in [0.3, 0.4) is 0 Å². The molecule has 0 saturated heterocycles. The number of alkyl halides is 3. The Hall–Kier alpha value is -1.39. The number of benzene rings is 1. The van der Waals surface area contributed by atoms with Gasteiger partial charge in [-0.3, -0.25) is 0 Å². The standard InChI is InChI=1S/C10H12F3NO/c1-7(2)14-8-3-5-9(6-4-8)15-10(11,12)13/h3-7,14H,1-2H3. The van der Waals surface area contributed by atoms with Crippen LogP contribution in [0.1, 0.15) is 13.8 Å². The van der Waals surface area contributed by atoms with Gasteiger partial charge in [-0.2, -0.15) is 0 Å². The number of hydrogen-bond donors (Lipinski definition) is 1. The van der Waals surface area contributed by atoms with Crippen molar-refractivity contribution in [1.82, 2.24) is 0 Å². The highest BCUT2D eigenvalue weighted by Crippen LogP contribution is 2.23. The van der Waals surface area contributed by atoms with Crippen LogP contribution < -0.4 is 10.1 Å². The monoisotopic (exact) mass is 219 g/mol. The minimum Gasteiger partial charge on any atom is -0.406 e. The molecule has 0 fully saturated rings. The first-order valence-electron chi connectivity index (χ1n) is 4.49. The van der Waals surface area contributed by atoms with E-state index in [1.165, 1.54) is 12.1 Å². The second-order valence-electron chi connectivity index (χ2n) is 3.37. The zero-order valence-electron chi connectivity index (χ0n) is 8.43. The second-order valence-corrected chi connectivity index (χ2v) is 3.37. The minimum atomic E-state index is -4.63. The molecular weight excluding hydrogens is 207 g/mol. The van der Waals surface area contributed by atoms with E-state index in [1.54, 1.807) is 12.1 Å². The first-order chi connectivity index (χ1) is 6.87. The lowest BCUT2D eigenvalue weighted by molar-refractivity contribution is -0.274. The van der Waals surface area contributed by atoms with Gasteiger partial charge in [-0.25, -0.2) is 0 Å². The summed E-state index contributed by atoms with van der Waals surface area (Å²) < 4.78 is 39.2. The van der Waals surface area contributed by atoms with Crippen LogP contribution in [0.4, 0.5) is 18.9 Å². The van der Waals surface area contributed by atoms with Crippen LogP contribution in [0, 0.1) is 0 Å². The van der Waals surface area contributed by atoms with Crippen LogP contribution in [-0.2, 0) is 0 Å². The third kappa shape index (κ3) is 4.58. The van der Waals surface area contributed by atoms with Crippen molar-refractivity contribution in [3.63, 3.8) is 0 Å². The summed E-state index contributed by atoms with van der Waals surface area (Å²) in [5, 5.41) is 3.06. The van der Waals surface area contributed by atoms with Gasteiger partial charge in [0, 0.05) is 11.7 Å².